The highest BCUT2D eigenvalue weighted by Gasteiger charge is 2.47. The predicted molar refractivity (Wildman–Crippen MR) is 130 cm³/mol. The van der Waals surface area contributed by atoms with Crippen LogP contribution < -0.4 is 4.72 Å². The molecule has 0 saturated carbocycles. The number of halogens is 1. The second kappa shape index (κ2) is 10.1. The second-order valence-electron chi connectivity index (χ2n) is 9.19. The van der Waals surface area contributed by atoms with Crippen LogP contribution in [0.5, 0.6) is 0 Å². The quantitative estimate of drug-likeness (QED) is 0.536. The molecule has 1 amide bonds. The van der Waals surface area contributed by atoms with Gasteiger partial charge in [-0.05, 0) is 57.2 Å². The first-order chi connectivity index (χ1) is 15.7. The number of sulfonamides is 1. The summed E-state index contributed by atoms with van der Waals surface area (Å²) in [5.41, 5.74) is -0.365. The minimum Gasteiger partial charge on any atom is -0.318 e. The van der Waals surface area contributed by atoms with Crippen LogP contribution in [0.4, 0.5) is 0 Å². The lowest BCUT2D eigenvalue weighted by molar-refractivity contribution is -0.153. The van der Waals surface area contributed by atoms with Crippen molar-refractivity contribution in [1.82, 2.24) is 19.4 Å². The summed E-state index contributed by atoms with van der Waals surface area (Å²) in [6.07, 6.45) is 6.14. The molecule has 11 heteroatoms. The van der Waals surface area contributed by atoms with E-state index in [1.165, 1.54) is 17.4 Å². The zero-order chi connectivity index (χ0) is 23.6. The number of ketones is 1. The van der Waals surface area contributed by atoms with Gasteiger partial charge in [0.25, 0.3) is 5.91 Å². The summed E-state index contributed by atoms with van der Waals surface area (Å²) in [7, 11) is -3.62. The first-order valence-electron chi connectivity index (χ1n) is 11.4. The van der Waals surface area contributed by atoms with Crippen LogP contribution in [0.3, 0.4) is 0 Å². The third-order valence-corrected chi connectivity index (χ3v) is 9.22. The Bertz CT molecular complexity index is 1020. The molecule has 4 rings (SSSR count). The van der Waals surface area contributed by atoms with Crippen LogP contribution in [0.2, 0.25) is 4.34 Å². The molecule has 0 aromatic carbocycles. The van der Waals surface area contributed by atoms with Gasteiger partial charge >= 0.3 is 0 Å². The van der Waals surface area contributed by atoms with E-state index in [9.17, 15) is 18.0 Å². The Hall–Kier alpha value is -1.30. The number of likely N-dealkylation sites (tertiary alicyclic amines) is 3. The highest BCUT2D eigenvalue weighted by Crippen LogP contribution is 2.35. The van der Waals surface area contributed by atoms with Crippen molar-refractivity contribution in [3.63, 3.8) is 0 Å². The number of hydrogen-bond donors (Lipinski definition) is 1. The largest absolute Gasteiger partial charge is 0.318 e. The summed E-state index contributed by atoms with van der Waals surface area (Å²) in [5.74, 6) is -1.12. The normalized spacial score (nSPS) is 27.2. The fourth-order valence-electron chi connectivity index (χ4n) is 5.10. The molecule has 0 aliphatic carbocycles. The van der Waals surface area contributed by atoms with Gasteiger partial charge in [-0.15, -0.1) is 11.3 Å². The van der Waals surface area contributed by atoms with Gasteiger partial charge in [0.2, 0.25) is 15.8 Å². The van der Waals surface area contributed by atoms with Crippen LogP contribution >= 0.6 is 22.9 Å². The molecule has 1 aromatic heterocycles. The number of carbonyl (C=O) groups is 2. The van der Waals surface area contributed by atoms with Gasteiger partial charge in [0.1, 0.15) is 0 Å². The van der Waals surface area contributed by atoms with Crippen LogP contribution in [0, 0.1) is 5.92 Å². The van der Waals surface area contributed by atoms with Crippen molar-refractivity contribution in [2.45, 2.75) is 44.7 Å². The summed E-state index contributed by atoms with van der Waals surface area (Å²) in [5, 5.41) is 1.12. The summed E-state index contributed by atoms with van der Waals surface area (Å²) < 4.78 is 27.7. The first kappa shape index (κ1) is 24.8. The maximum Gasteiger partial charge on any atom is 0.291 e. The van der Waals surface area contributed by atoms with E-state index in [2.05, 4.69) is 16.5 Å². The maximum atomic E-state index is 13.2. The van der Waals surface area contributed by atoms with E-state index in [0.717, 1.165) is 49.1 Å². The Balaban J connectivity index is 1.29. The van der Waals surface area contributed by atoms with Crippen molar-refractivity contribution >= 4 is 50.7 Å². The minimum atomic E-state index is -3.62. The van der Waals surface area contributed by atoms with Crippen molar-refractivity contribution in [1.29, 1.82) is 0 Å². The molecule has 4 heterocycles. The Morgan fingerprint density at radius 2 is 1.97 bits per heavy atom. The van der Waals surface area contributed by atoms with Gasteiger partial charge in [-0.25, -0.2) is 8.42 Å². The van der Waals surface area contributed by atoms with Gasteiger partial charge in [-0.3, -0.25) is 19.4 Å². The monoisotopic (exact) mass is 514 g/mol. The Morgan fingerprint density at radius 1 is 1.21 bits per heavy atom. The van der Waals surface area contributed by atoms with Gasteiger partial charge < -0.3 is 4.90 Å². The van der Waals surface area contributed by atoms with Crippen molar-refractivity contribution in [3.05, 3.63) is 26.8 Å². The van der Waals surface area contributed by atoms with E-state index >= 15 is 0 Å². The molecule has 33 heavy (non-hydrogen) atoms. The van der Waals surface area contributed by atoms with E-state index in [0.29, 0.717) is 30.4 Å². The molecule has 1 N–H and O–H groups in total. The van der Waals surface area contributed by atoms with Crippen molar-refractivity contribution in [3.8, 4) is 0 Å². The number of nitrogens with one attached hydrogen (secondary N) is 1. The fourth-order valence-corrected chi connectivity index (χ4v) is 6.93. The number of Topliss-reactive ketones (excluding diaryl/α,β-unsaturated/α-hetero) is 1. The molecule has 3 fully saturated rings. The molecular weight excluding hydrogens is 484 g/mol. The zero-order valence-corrected chi connectivity index (χ0v) is 21.2. The topological polar surface area (TPSA) is 90.0 Å². The highest BCUT2D eigenvalue weighted by molar-refractivity contribution is 7.92. The van der Waals surface area contributed by atoms with Crippen molar-refractivity contribution in [2.24, 2.45) is 5.92 Å². The third-order valence-electron chi connectivity index (χ3n) is 6.99. The van der Waals surface area contributed by atoms with E-state index in [1.807, 2.05) is 4.90 Å². The molecule has 0 bridgehead atoms. The molecule has 1 aromatic rings. The second-order valence-corrected chi connectivity index (χ2v) is 12.6. The van der Waals surface area contributed by atoms with E-state index in [-0.39, 0.29) is 24.0 Å². The fraction of sp³-hybridized carbons (Fsp3) is 0.636. The molecule has 3 saturated heterocycles. The SMILES string of the molecule is C[C@@]1(N2CCCC2)CCCN1C(=O)C(=O)C1CCN(CNS(=O)(=O)/C=C/c2ccc(Cl)s2)C1. The van der Waals surface area contributed by atoms with Crippen LogP contribution in [0.25, 0.3) is 6.08 Å². The van der Waals surface area contributed by atoms with Gasteiger partial charge in [0, 0.05) is 48.9 Å². The summed E-state index contributed by atoms with van der Waals surface area (Å²) in [6, 6.07) is 3.46. The van der Waals surface area contributed by atoms with Gasteiger partial charge in [0.15, 0.2) is 0 Å². The molecule has 8 nitrogen and oxygen atoms in total. The first-order valence-corrected chi connectivity index (χ1v) is 14.2. The number of hydrogen-bond acceptors (Lipinski definition) is 7. The number of nitrogens with zero attached hydrogens (tertiary/aromatic N) is 3. The van der Waals surface area contributed by atoms with E-state index in [4.69, 9.17) is 11.6 Å². The molecule has 3 aliphatic heterocycles. The summed E-state index contributed by atoms with van der Waals surface area (Å²) >= 11 is 7.16. The number of rotatable bonds is 8. The molecule has 0 spiro atoms. The standard InChI is InChI=1S/C22H31ClN4O4S2/c1-22(26-10-2-3-11-26)9-4-12-27(22)21(29)20(28)17-7-13-25(15-17)16-24-33(30,31)14-8-18-5-6-19(23)32-18/h5-6,8,14,17,24H,2-4,7,9-13,15-16H2,1H3/b14-8+/t17?,22-/m0/s1. The summed E-state index contributed by atoms with van der Waals surface area (Å²) in [6.45, 7) is 5.70. The zero-order valence-electron chi connectivity index (χ0n) is 18.8. The van der Waals surface area contributed by atoms with Crippen LogP contribution in [-0.4, -0.2) is 79.9 Å². The Kier molecular flexibility index (Phi) is 7.62. The Labute approximate surface area is 204 Å². The number of amides is 1. The van der Waals surface area contributed by atoms with Gasteiger partial charge in [-0.2, -0.15) is 4.72 Å². The summed E-state index contributed by atoms with van der Waals surface area (Å²) in [4.78, 5) is 32.9. The van der Waals surface area contributed by atoms with Gasteiger partial charge in [-0.1, -0.05) is 11.6 Å². The Morgan fingerprint density at radius 3 is 2.67 bits per heavy atom. The minimum absolute atomic E-state index is 0.102. The lowest BCUT2D eigenvalue weighted by atomic mass is 10.0. The number of thiophene rings is 1. The number of carbonyl (C=O) groups excluding carboxylic acids is 2. The van der Waals surface area contributed by atoms with E-state index in [1.54, 1.807) is 17.0 Å². The van der Waals surface area contributed by atoms with E-state index < -0.39 is 15.9 Å². The van der Waals surface area contributed by atoms with Crippen molar-refractivity contribution < 1.29 is 18.0 Å². The highest BCUT2D eigenvalue weighted by atomic mass is 35.5. The average molecular weight is 515 g/mol. The van der Waals surface area contributed by atoms with Crippen molar-refractivity contribution in [2.75, 3.05) is 39.4 Å². The predicted octanol–water partition coefficient (Wildman–Crippen LogP) is 2.57. The van der Waals surface area contributed by atoms with Crippen LogP contribution in [-0.2, 0) is 19.6 Å². The molecule has 0 radical (unpaired) electrons. The molecular formula is C22H31ClN4O4S2. The lowest BCUT2D eigenvalue weighted by Gasteiger charge is -2.42. The van der Waals surface area contributed by atoms with Gasteiger partial charge in [0.05, 0.1) is 16.7 Å². The average Bonchev–Trinajstić information content (AvgIpc) is 3.57. The smallest absolute Gasteiger partial charge is 0.291 e. The van der Waals surface area contributed by atoms with Crippen LogP contribution in [0.15, 0.2) is 17.5 Å². The molecule has 2 atom stereocenters. The molecule has 182 valence electrons. The van der Waals surface area contributed by atoms with Crippen LogP contribution in [0.1, 0.15) is 43.9 Å². The maximum absolute atomic E-state index is 13.2. The molecule has 1 unspecified atom stereocenters. The third kappa shape index (κ3) is 5.68. The molecule has 3 aliphatic rings. The lowest BCUT2D eigenvalue weighted by Crippen LogP contribution is -2.58.